The van der Waals surface area contributed by atoms with Crippen LogP contribution in [0.1, 0.15) is 32.6 Å². The van der Waals surface area contributed by atoms with Gasteiger partial charge in [0.05, 0.1) is 0 Å². The topological polar surface area (TPSA) is 29.3 Å². The van der Waals surface area contributed by atoms with Gasteiger partial charge in [-0.1, -0.05) is 0 Å². The summed E-state index contributed by atoms with van der Waals surface area (Å²) in [7, 11) is 0. The van der Waals surface area contributed by atoms with Gasteiger partial charge in [-0.25, -0.2) is 4.39 Å². The third-order valence-electron chi connectivity index (χ3n) is 3.33. The second kappa shape index (κ2) is 2.92. The number of hydrogen-bond donors (Lipinski definition) is 1. The Morgan fingerprint density at radius 3 is 2.23 bits per heavy atom. The molecule has 0 spiro atoms. The van der Waals surface area contributed by atoms with Gasteiger partial charge in [0.25, 0.3) is 0 Å². The van der Waals surface area contributed by atoms with Gasteiger partial charge in [0.1, 0.15) is 5.67 Å². The van der Waals surface area contributed by atoms with Crippen LogP contribution in [0.3, 0.4) is 0 Å². The molecule has 0 atom stereocenters. The fourth-order valence-corrected chi connectivity index (χ4v) is 1.94. The van der Waals surface area contributed by atoms with E-state index in [-0.39, 0.29) is 5.54 Å². The normalized spacial score (nSPS) is 31.6. The molecule has 2 fully saturated rings. The number of likely N-dealkylation sites (tertiary alicyclic amines) is 1. The van der Waals surface area contributed by atoms with E-state index in [9.17, 15) is 4.39 Å². The van der Waals surface area contributed by atoms with E-state index in [1.54, 1.807) is 6.92 Å². The first-order valence-corrected chi connectivity index (χ1v) is 5.19. The number of hydrogen-bond acceptors (Lipinski definition) is 2. The zero-order valence-electron chi connectivity index (χ0n) is 8.35. The van der Waals surface area contributed by atoms with Crippen molar-refractivity contribution in [2.45, 2.75) is 43.8 Å². The van der Waals surface area contributed by atoms with Crippen molar-refractivity contribution in [1.29, 1.82) is 0 Å². The average Bonchev–Trinajstić information content (AvgIpc) is 2.74. The summed E-state index contributed by atoms with van der Waals surface area (Å²) < 4.78 is 13.4. The summed E-state index contributed by atoms with van der Waals surface area (Å²) in [6.45, 7) is 4.45. The van der Waals surface area contributed by atoms with E-state index in [1.165, 1.54) is 0 Å². The van der Waals surface area contributed by atoms with Gasteiger partial charge in [-0.15, -0.1) is 0 Å². The second-order valence-corrected chi connectivity index (χ2v) is 5.05. The minimum Gasteiger partial charge on any atom is -0.324 e. The number of alkyl halides is 1. The molecule has 0 unspecified atom stereocenters. The molecular formula is C10H19FN2. The molecule has 1 saturated heterocycles. The van der Waals surface area contributed by atoms with Gasteiger partial charge >= 0.3 is 0 Å². The van der Waals surface area contributed by atoms with Crippen LogP contribution in [0.25, 0.3) is 0 Å². The first kappa shape index (κ1) is 9.41. The van der Waals surface area contributed by atoms with E-state index in [1.807, 2.05) is 0 Å². The molecule has 0 amide bonds. The average molecular weight is 186 g/mol. The van der Waals surface area contributed by atoms with Crippen molar-refractivity contribution in [3.8, 4) is 0 Å². The predicted octanol–water partition coefficient (Wildman–Crippen LogP) is 1.30. The molecule has 1 aliphatic carbocycles. The zero-order valence-corrected chi connectivity index (χ0v) is 8.35. The summed E-state index contributed by atoms with van der Waals surface area (Å²) in [4.78, 5) is 2.31. The zero-order chi connectivity index (χ0) is 9.53. The van der Waals surface area contributed by atoms with Crippen LogP contribution in [-0.2, 0) is 0 Å². The number of nitrogens with two attached hydrogens (primary N) is 1. The van der Waals surface area contributed by atoms with Crippen LogP contribution >= 0.6 is 0 Å². The standard InChI is InChI=1S/C10H19FN2/c1-9(11)4-6-13(7-5-9)8-10(12)2-3-10/h2-8,12H2,1H3. The molecule has 1 saturated carbocycles. The maximum absolute atomic E-state index is 13.4. The van der Waals surface area contributed by atoms with E-state index in [4.69, 9.17) is 5.73 Å². The Hall–Kier alpha value is -0.150. The number of piperidine rings is 1. The van der Waals surface area contributed by atoms with Crippen molar-refractivity contribution >= 4 is 0 Å². The van der Waals surface area contributed by atoms with Crippen molar-refractivity contribution in [1.82, 2.24) is 4.90 Å². The molecule has 13 heavy (non-hydrogen) atoms. The largest absolute Gasteiger partial charge is 0.324 e. The summed E-state index contributed by atoms with van der Waals surface area (Å²) in [6, 6.07) is 0. The van der Waals surface area contributed by atoms with Crippen LogP contribution in [0.2, 0.25) is 0 Å². The Labute approximate surface area is 79.3 Å². The van der Waals surface area contributed by atoms with E-state index in [0.717, 1.165) is 32.5 Å². The summed E-state index contributed by atoms with van der Waals surface area (Å²) in [5, 5.41) is 0. The number of rotatable bonds is 2. The Morgan fingerprint density at radius 2 is 1.77 bits per heavy atom. The van der Waals surface area contributed by atoms with Gasteiger partial charge in [0.2, 0.25) is 0 Å². The van der Waals surface area contributed by atoms with Crippen LogP contribution in [0, 0.1) is 0 Å². The van der Waals surface area contributed by atoms with Crippen molar-refractivity contribution in [2.75, 3.05) is 19.6 Å². The fourth-order valence-electron chi connectivity index (χ4n) is 1.94. The lowest BCUT2D eigenvalue weighted by molar-refractivity contribution is 0.0697. The molecule has 2 nitrogen and oxygen atoms in total. The van der Waals surface area contributed by atoms with Crippen molar-refractivity contribution in [3.63, 3.8) is 0 Å². The molecule has 0 radical (unpaired) electrons. The Morgan fingerprint density at radius 1 is 1.23 bits per heavy atom. The maximum atomic E-state index is 13.4. The van der Waals surface area contributed by atoms with E-state index in [0.29, 0.717) is 12.8 Å². The Balaban J connectivity index is 1.78. The quantitative estimate of drug-likeness (QED) is 0.704. The third-order valence-corrected chi connectivity index (χ3v) is 3.33. The smallest absolute Gasteiger partial charge is 0.110 e. The lowest BCUT2D eigenvalue weighted by Crippen LogP contribution is -2.46. The molecule has 3 heteroatoms. The molecule has 1 heterocycles. The molecule has 2 rings (SSSR count). The molecule has 0 aromatic carbocycles. The predicted molar refractivity (Wildman–Crippen MR) is 51.3 cm³/mol. The monoisotopic (exact) mass is 186 g/mol. The van der Waals surface area contributed by atoms with Gasteiger partial charge in [-0.3, -0.25) is 0 Å². The summed E-state index contributed by atoms with van der Waals surface area (Å²) in [6.07, 6.45) is 3.64. The Kier molecular flexibility index (Phi) is 2.11. The maximum Gasteiger partial charge on any atom is 0.110 e. The third kappa shape index (κ3) is 2.41. The fraction of sp³-hybridized carbons (Fsp3) is 1.00. The van der Waals surface area contributed by atoms with Gasteiger partial charge in [0, 0.05) is 25.2 Å². The van der Waals surface area contributed by atoms with Crippen LogP contribution in [-0.4, -0.2) is 35.7 Å². The summed E-state index contributed by atoms with van der Waals surface area (Å²) >= 11 is 0. The Bertz CT molecular complexity index is 189. The lowest BCUT2D eigenvalue weighted by Gasteiger charge is -2.35. The SMILES string of the molecule is CC1(F)CCN(CC2(N)CC2)CC1. The van der Waals surface area contributed by atoms with Gasteiger partial charge < -0.3 is 10.6 Å². The molecule has 0 bridgehead atoms. The van der Waals surface area contributed by atoms with E-state index in [2.05, 4.69) is 4.90 Å². The number of nitrogens with zero attached hydrogens (tertiary/aromatic N) is 1. The lowest BCUT2D eigenvalue weighted by atomic mass is 9.95. The highest BCUT2D eigenvalue weighted by Gasteiger charge is 2.41. The second-order valence-electron chi connectivity index (χ2n) is 5.05. The highest BCUT2D eigenvalue weighted by Crippen LogP contribution is 2.34. The first-order chi connectivity index (χ1) is 5.99. The number of halogens is 1. The minimum absolute atomic E-state index is 0.0874. The molecule has 0 aromatic rings. The summed E-state index contributed by atoms with van der Waals surface area (Å²) in [5.74, 6) is 0. The molecule has 2 aliphatic rings. The summed E-state index contributed by atoms with van der Waals surface area (Å²) in [5.41, 5.74) is 5.17. The van der Waals surface area contributed by atoms with E-state index < -0.39 is 5.67 Å². The molecule has 1 aliphatic heterocycles. The van der Waals surface area contributed by atoms with Crippen molar-refractivity contribution in [3.05, 3.63) is 0 Å². The van der Waals surface area contributed by atoms with Crippen molar-refractivity contribution in [2.24, 2.45) is 5.73 Å². The van der Waals surface area contributed by atoms with Crippen LogP contribution < -0.4 is 5.73 Å². The molecule has 76 valence electrons. The first-order valence-electron chi connectivity index (χ1n) is 5.19. The van der Waals surface area contributed by atoms with Gasteiger partial charge in [-0.05, 0) is 32.6 Å². The van der Waals surface area contributed by atoms with E-state index >= 15 is 0 Å². The van der Waals surface area contributed by atoms with Crippen molar-refractivity contribution < 1.29 is 4.39 Å². The van der Waals surface area contributed by atoms with Gasteiger partial charge in [0.15, 0.2) is 0 Å². The minimum atomic E-state index is -0.929. The van der Waals surface area contributed by atoms with Crippen LogP contribution in [0.15, 0.2) is 0 Å². The van der Waals surface area contributed by atoms with Crippen LogP contribution in [0.5, 0.6) is 0 Å². The highest BCUT2D eigenvalue weighted by molar-refractivity contribution is 5.01. The van der Waals surface area contributed by atoms with Crippen LogP contribution in [0.4, 0.5) is 4.39 Å². The molecule has 2 N–H and O–H groups in total. The highest BCUT2D eigenvalue weighted by atomic mass is 19.1. The van der Waals surface area contributed by atoms with Gasteiger partial charge in [-0.2, -0.15) is 0 Å². The molecular weight excluding hydrogens is 167 g/mol. The molecule has 0 aromatic heterocycles.